The molecular formula is C40H47N3O15. The van der Waals surface area contributed by atoms with Gasteiger partial charge in [0, 0.05) is 62.5 Å². The zero-order valence-electron chi connectivity index (χ0n) is 33.0. The molecule has 0 unspecified atom stereocenters. The van der Waals surface area contributed by atoms with Crippen LogP contribution in [0.5, 0.6) is 17.2 Å². The largest absolute Gasteiger partial charge is 0.507 e. The minimum atomic E-state index is -2.15. The second kappa shape index (κ2) is 15.1. The molecule has 2 aromatic carbocycles. The van der Waals surface area contributed by atoms with E-state index in [2.05, 4.69) is 5.32 Å². The lowest BCUT2D eigenvalue weighted by Crippen LogP contribution is -2.68. The zero-order chi connectivity index (χ0) is 42.3. The molecule has 3 aliphatic heterocycles. The number of aliphatic hydroxyl groups excluding tert-OH is 1. The lowest BCUT2D eigenvalue weighted by Gasteiger charge is -2.49. The van der Waals surface area contributed by atoms with Crippen molar-refractivity contribution >= 4 is 35.2 Å². The Morgan fingerprint density at radius 3 is 2.24 bits per heavy atom. The third-order valence-electron chi connectivity index (χ3n) is 12.0. The quantitative estimate of drug-likeness (QED) is 0.166. The number of urea groups is 1. The van der Waals surface area contributed by atoms with Gasteiger partial charge in [0.2, 0.25) is 17.6 Å². The van der Waals surface area contributed by atoms with E-state index in [-0.39, 0.29) is 40.8 Å². The minimum absolute atomic E-state index is 0.0188. The summed E-state index contributed by atoms with van der Waals surface area (Å²) in [5.74, 6) is -6.51. The van der Waals surface area contributed by atoms with Crippen LogP contribution in [0.2, 0.25) is 0 Å². The Morgan fingerprint density at radius 2 is 1.62 bits per heavy atom. The van der Waals surface area contributed by atoms with E-state index in [1.807, 2.05) is 0 Å². The fraction of sp³-hybridized carbons (Fsp3) is 0.550. The van der Waals surface area contributed by atoms with Crippen molar-refractivity contribution in [1.29, 1.82) is 0 Å². The summed E-state index contributed by atoms with van der Waals surface area (Å²) in [4.78, 5) is 82.5. The number of nitrogens with one attached hydrogen (secondary N) is 1. The monoisotopic (exact) mass is 809 g/mol. The second-order valence-electron chi connectivity index (χ2n) is 15.8. The molecule has 58 heavy (non-hydrogen) atoms. The summed E-state index contributed by atoms with van der Waals surface area (Å²) >= 11 is 0. The summed E-state index contributed by atoms with van der Waals surface area (Å²) in [6.45, 7) is 5.99. The number of ketones is 3. The number of carbonyl (C=O) groups excluding carboxylic acids is 6. The molecule has 2 aliphatic carbocycles. The van der Waals surface area contributed by atoms with Crippen molar-refractivity contribution in [3.63, 3.8) is 0 Å². The maximum atomic E-state index is 14.1. The zero-order valence-corrected chi connectivity index (χ0v) is 33.0. The molecule has 18 nitrogen and oxygen atoms in total. The van der Waals surface area contributed by atoms with E-state index in [4.69, 9.17) is 23.7 Å². The van der Waals surface area contributed by atoms with Gasteiger partial charge in [-0.05, 0) is 33.8 Å². The van der Waals surface area contributed by atoms with Gasteiger partial charge in [-0.1, -0.05) is 12.1 Å². The van der Waals surface area contributed by atoms with Crippen LogP contribution in [0.15, 0.2) is 18.2 Å². The molecule has 7 rings (SSSR count). The number of ether oxygens (including phenoxy) is 5. The number of imide groups is 2. The molecule has 10 atom stereocenters. The molecular weight excluding hydrogens is 762 g/mol. The Bertz CT molecular complexity index is 2080. The Balaban J connectivity index is 1.27. The van der Waals surface area contributed by atoms with Gasteiger partial charge in [0.1, 0.15) is 34.9 Å². The first-order valence-electron chi connectivity index (χ1n) is 19.0. The van der Waals surface area contributed by atoms with E-state index in [9.17, 15) is 49.2 Å². The van der Waals surface area contributed by atoms with Gasteiger partial charge in [-0.25, -0.2) is 4.79 Å². The normalized spacial score (nSPS) is 32.1. The molecule has 3 saturated heterocycles. The Morgan fingerprint density at radius 1 is 0.966 bits per heavy atom. The van der Waals surface area contributed by atoms with E-state index in [0.717, 1.165) is 16.7 Å². The molecule has 3 fully saturated rings. The average molecular weight is 810 g/mol. The number of phenolic OH excluding ortho intramolecular Hbond substituents is 2. The number of rotatable bonds is 7. The number of nitrogens with zero attached hydrogens (tertiary/aromatic N) is 2. The van der Waals surface area contributed by atoms with E-state index in [1.54, 1.807) is 20.8 Å². The van der Waals surface area contributed by atoms with Crippen molar-refractivity contribution in [2.45, 2.75) is 114 Å². The summed E-state index contributed by atoms with van der Waals surface area (Å²) in [5.41, 5.74) is -3.62. The molecule has 18 heteroatoms. The maximum absolute atomic E-state index is 14.1. The van der Waals surface area contributed by atoms with Crippen molar-refractivity contribution in [2.24, 2.45) is 5.92 Å². The number of amides is 4. The van der Waals surface area contributed by atoms with Gasteiger partial charge < -0.3 is 49.4 Å². The number of fused-ring (bicyclic) bond motifs is 4. The molecule has 4 amide bonds. The van der Waals surface area contributed by atoms with Crippen LogP contribution in [-0.2, 0) is 39.8 Å². The molecule has 5 N–H and O–H groups in total. The number of aliphatic hydroxyl groups is 2. The van der Waals surface area contributed by atoms with Crippen LogP contribution < -0.4 is 10.1 Å². The molecule has 3 heterocycles. The first-order chi connectivity index (χ1) is 27.3. The first-order valence-corrected chi connectivity index (χ1v) is 19.0. The van der Waals surface area contributed by atoms with Crippen LogP contribution >= 0.6 is 0 Å². The van der Waals surface area contributed by atoms with Crippen LogP contribution in [0.25, 0.3) is 0 Å². The molecule has 312 valence electrons. The minimum Gasteiger partial charge on any atom is -0.507 e. The van der Waals surface area contributed by atoms with Crippen molar-refractivity contribution in [2.75, 3.05) is 21.2 Å². The van der Waals surface area contributed by atoms with Gasteiger partial charge in [0.05, 0.1) is 54.3 Å². The number of Topliss-reactive ketones (excluding diaryl/α,β-unsaturated/α-hetero) is 1. The summed E-state index contributed by atoms with van der Waals surface area (Å²) in [6, 6.07) is 1.77. The molecule has 0 bridgehead atoms. The van der Waals surface area contributed by atoms with Crippen LogP contribution in [0.4, 0.5) is 4.79 Å². The summed E-state index contributed by atoms with van der Waals surface area (Å²) in [5, 5.41) is 49.0. The fourth-order valence-corrected chi connectivity index (χ4v) is 8.90. The van der Waals surface area contributed by atoms with E-state index in [0.29, 0.717) is 0 Å². The topological polar surface area (TPSA) is 248 Å². The number of methoxy groups -OCH3 is 1. The number of phenols is 2. The SMILES string of the molecule is COc1cccc2c1C(=O)c1c(O)c3c(c(O)c1C2=O)C[C@@](O)(C(C)=O)C[C@H]3O[C@@H]1C[C@@H]2N[C@@H](C3C(=O)N(C)C(=O)N(C)C3=O)[C@@H](C)O[C@@H](C[C@H](C)O)O[C@@H]2[C@@H](C)O1. The molecule has 0 saturated carbocycles. The van der Waals surface area contributed by atoms with E-state index < -0.39 is 137 Å². The lowest BCUT2D eigenvalue weighted by atomic mass is 9.72. The number of hydrogen-bond acceptors (Lipinski definition) is 16. The van der Waals surface area contributed by atoms with Gasteiger partial charge in [0.15, 0.2) is 24.1 Å². The number of hydrogen-bond donors (Lipinski definition) is 5. The summed E-state index contributed by atoms with van der Waals surface area (Å²) in [7, 11) is 3.85. The average Bonchev–Trinajstić information content (AvgIpc) is 3.16. The van der Waals surface area contributed by atoms with Crippen LogP contribution in [0, 0.1) is 5.92 Å². The predicted octanol–water partition coefficient (Wildman–Crippen LogP) is 1.24. The summed E-state index contributed by atoms with van der Waals surface area (Å²) < 4.78 is 30.7. The third-order valence-corrected chi connectivity index (χ3v) is 12.0. The maximum Gasteiger partial charge on any atom is 0.332 e. The van der Waals surface area contributed by atoms with E-state index in [1.165, 1.54) is 39.4 Å². The first kappa shape index (κ1) is 41.3. The molecule has 0 spiro atoms. The third kappa shape index (κ3) is 6.65. The van der Waals surface area contributed by atoms with Gasteiger partial charge >= 0.3 is 6.03 Å². The smallest absolute Gasteiger partial charge is 0.332 e. The van der Waals surface area contributed by atoms with Crippen LogP contribution in [0.1, 0.15) is 96.0 Å². The molecule has 0 radical (unpaired) electrons. The highest BCUT2D eigenvalue weighted by atomic mass is 16.7. The van der Waals surface area contributed by atoms with Gasteiger partial charge in [0.25, 0.3) is 0 Å². The van der Waals surface area contributed by atoms with Gasteiger partial charge in [-0.15, -0.1) is 0 Å². The standard InChI is InChI=1S/C40H47N3O15/c1-15(44)11-24-55-16(2)31(30-37(50)42(5)39(52)43(6)38(30)51)41-21-12-25(56-17(3)36(21)58-24)57-23-14-40(53,18(4)45)13-20-27(23)35(49)29-28(33(20)47)32(46)19-9-8-10-22(54-7)26(19)34(29)48/h8-10,15-17,21,23-25,30-31,36,41,44,47,49,53H,11-14H2,1-7H3/t15-,16+,17+,21-,23+,24+,25+,31+,36+,40-/m0/s1. The van der Waals surface area contributed by atoms with Crippen LogP contribution in [-0.4, -0.2) is 141 Å². The van der Waals surface area contributed by atoms with E-state index >= 15 is 0 Å². The van der Waals surface area contributed by atoms with Crippen molar-refractivity contribution in [3.05, 3.63) is 51.6 Å². The van der Waals surface area contributed by atoms with Crippen molar-refractivity contribution < 1.29 is 72.9 Å². The highest BCUT2D eigenvalue weighted by Gasteiger charge is 2.54. The molecule has 5 aliphatic rings. The molecule has 0 aromatic heterocycles. The number of barbiturate groups is 1. The Kier molecular flexibility index (Phi) is 10.8. The highest BCUT2D eigenvalue weighted by Crippen LogP contribution is 2.52. The highest BCUT2D eigenvalue weighted by molar-refractivity contribution is 6.31. The van der Waals surface area contributed by atoms with Crippen molar-refractivity contribution in [3.8, 4) is 17.2 Å². The predicted molar refractivity (Wildman–Crippen MR) is 197 cm³/mol. The number of carbonyl (C=O) groups is 6. The number of benzene rings is 2. The molecule has 2 aromatic rings. The van der Waals surface area contributed by atoms with Crippen molar-refractivity contribution in [1.82, 2.24) is 15.1 Å². The van der Waals surface area contributed by atoms with Gasteiger partial charge in [-0.3, -0.25) is 33.8 Å². The number of aromatic hydroxyl groups is 2. The summed E-state index contributed by atoms with van der Waals surface area (Å²) in [6.07, 6.45) is -8.07. The Hall–Kier alpha value is -4.82. The fourth-order valence-electron chi connectivity index (χ4n) is 8.90. The van der Waals surface area contributed by atoms with Crippen LogP contribution in [0.3, 0.4) is 0 Å². The Labute approximate surface area is 332 Å². The van der Waals surface area contributed by atoms with Gasteiger partial charge in [-0.2, -0.15) is 0 Å². The second-order valence-corrected chi connectivity index (χ2v) is 15.8. The lowest BCUT2D eigenvalue weighted by molar-refractivity contribution is -0.298.